The number of nitrogens with zero attached hydrogens (tertiary/aromatic N) is 3. The molecule has 26 heavy (non-hydrogen) atoms. The van der Waals surface area contributed by atoms with Crippen LogP contribution in [-0.4, -0.2) is 34.2 Å². The molecule has 0 N–H and O–H groups in total. The molecule has 1 saturated carbocycles. The number of rotatable bonds is 3. The lowest BCUT2D eigenvalue weighted by atomic mass is 9.61. The Hall–Kier alpha value is -2.38. The first-order valence-electron chi connectivity index (χ1n) is 8.33. The number of hydrogen-bond acceptors (Lipinski definition) is 2. The monoisotopic (exact) mass is 367 g/mol. The first-order chi connectivity index (χ1) is 12.2. The molecule has 0 radical (unpaired) electrons. The third-order valence-corrected chi connectivity index (χ3v) is 5.41. The van der Waals surface area contributed by atoms with Crippen LogP contribution in [0.3, 0.4) is 0 Å². The van der Waals surface area contributed by atoms with Gasteiger partial charge in [-0.15, -0.1) is 0 Å². The van der Waals surface area contributed by atoms with Gasteiger partial charge in [-0.1, -0.05) is 0 Å². The predicted molar refractivity (Wildman–Crippen MR) is 85.7 cm³/mol. The minimum absolute atomic E-state index is 0.0303. The van der Waals surface area contributed by atoms with E-state index in [4.69, 9.17) is 0 Å². The summed E-state index contributed by atoms with van der Waals surface area (Å²) >= 11 is 0. The van der Waals surface area contributed by atoms with Crippen LogP contribution in [0.2, 0.25) is 0 Å². The second-order valence-electron chi connectivity index (χ2n) is 7.41. The minimum atomic E-state index is -4.54. The number of amides is 1. The summed E-state index contributed by atoms with van der Waals surface area (Å²) in [5.74, 6) is -0.465. The van der Waals surface area contributed by atoms with Crippen LogP contribution in [0.25, 0.3) is 11.3 Å². The van der Waals surface area contributed by atoms with Crippen LogP contribution in [0.15, 0.2) is 24.4 Å². The van der Waals surface area contributed by atoms with Crippen LogP contribution < -0.4 is 0 Å². The quantitative estimate of drug-likeness (QED) is 0.611. The summed E-state index contributed by atoms with van der Waals surface area (Å²) in [6, 6.07) is 3.75. The Balaban J connectivity index is 1.63. The molecule has 1 aromatic carbocycles. The van der Waals surface area contributed by atoms with Gasteiger partial charge in [0.25, 0.3) is 0 Å². The van der Waals surface area contributed by atoms with Crippen LogP contribution >= 0.6 is 0 Å². The zero-order valence-electron chi connectivity index (χ0n) is 14.1. The molecule has 8 heteroatoms. The Morgan fingerprint density at radius 1 is 1.27 bits per heavy atom. The fourth-order valence-corrected chi connectivity index (χ4v) is 4.07. The van der Waals surface area contributed by atoms with Crippen LogP contribution in [0.1, 0.15) is 30.0 Å². The van der Waals surface area contributed by atoms with Gasteiger partial charge in [-0.3, -0.25) is 9.48 Å². The third kappa shape index (κ3) is 2.68. The minimum Gasteiger partial charge on any atom is -0.344 e. The summed E-state index contributed by atoms with van der Waals surface area (Å²) in [5, 5.41) is 4.19. The van der Waals surface area contributed by atoms with E-state index in [-0.39, 0.29) is 28.3 Å². The summed E-state index contributed by atoms with van der Waals surface area (Å²) < 4.78 is 55.2. The van der Waals surface area contributed by atoms with Gasteiger partial charge in [0.1, 0.15) is 17.1 Å². The van der Waals surface area contributed by atoms with Crippen molar-refractivity contribution in [3.05, 3.63) is 41.3 Å². The van der Waals surface area contributed by atoms with Gasteiger partial charge in [0.15, 0.2) is 0 Å². The number of aryl methyl sites for hydroxylation is 1. The van der Waals surface area contributed by atoms with E-state index in [1.54, 1.807) is 4.90 Å². The molecular formula is C18H17F4N3O. The number of likely N-dealkylation sites (tertiary alicyclic amines) is 1. The Morgan fingerprint density at radius 2 is 1.96 bits per heavy atom. The molecule has 1 saturated heterocycles. The number of halogens is 4. The van der Waals surface area contributed by atoms with E-state index >= 15 is 0 Å². The molecule has 1 amide bonds. The number of hydrogen-bond donors (Lipinski definition) is 0. The normalized spacial score (nSPS) is 19.3. The molecule has 2 aromatic rings. The first-order valence-corrected chi connectivity index (χ1v) is 8.33. The van der Waals surface area contributed by atoms with Crippen LogP contribution in [0, 0.1) is 18.2 Å². The maximum absolute atomic E-state index is 13.5. The highest BCUT2D eigenvalue weighted by Gasteiger charge is 2.53. The van der Waals surface area contributed by atoms with Crippen molar-refractivity contribution in [3.63, 3.8) is 0 Å². The molecule has 0 atom stereocenters. The van der Waals surface area contributed by atoms with Gasteiger partial charge < -0.3 is 4.90 Å². The Morgan fingerprint density at radius 3 is 2.54 bits per heavy atom. The zero-order chi connectivity index (χ0) is 18.7. The summed E-state index contributed by atoms with van der Waals surface area (Å²) in [4.78, 5) is 12.3. The lowest BCUT2D eigenvalue weighted by molar-refractivity contribution is -0.141. The van der Waals surface area contributed by atoms with Gasteiger partial charge in [-0.2, -0.15) is 18.3 Å². The van der Waals surface area contributed by atoms with Crippen molar-refractivity contribution in [3.8, 4) is 11.3 Å². The smallest absolute Gasteiger partial charge is 0.344 e. The van der Waals surface area contributed by atoms with E-state index in [0.717, 1.165) is 18.7 Å². The molecule has 2 fully saturated rings. The van der Waals surface area contributed by atoms with E-state index < -0.39 is 17.6 Å². The lowest BCUT2D eigenvalue weighted by Gasteiger charge is -2.57. The van der Waals surface area contributed by atoms with Gasteiger partial charge in [0.05, 0.1) is 6.04 Å². The summed E-state index contributed by atoms with van der Waals surface area (Å²) in [5.41, 5.74) is -0.434. The molecule has 138 valence electrons. The maximum Gasteiger partial charge on any atom is 0.420 e. The van der Waals surface area contributed by atoms with Gasteiger partial charge in [0.2, 0.25) is 6.41 Å². The highest BCUT2D eigenvalue weighted by atomic mass is 19.4. The number of carbonyl (C=O) groups excluding carboxylic acids is 1. The summed E-state index contributed by atoms with van der Waals surface area (Å²) in [7, 11) is 0. The van der Waals surface area contributed by atoms with E-state index in [9.17, 15) is 22.4 Å². The highest BCUT2D eigenvalue weighted by Crippen LogP contribution is 2.54. The average molecular weight is 367 g/mol. The van der Waals surface area contributed by atoms with Crippen LogP contribution in [0.5, 0.6) is 0 Å². The maximum atomic E-state index is 13.5. The summed E-state index contributed by atoms with van der Waals surface area (Å²) in [6.45, 7) is 2.82. The van der Waals surface area contributed by atoms with Crippen molar-refractivity contribution in [2.24, 2.45) is 5.41 Å². The third-order valence-electron chi connectivity index (χ3n) is 5.41. The molecular weight excluding hydrogens is 350 g/mol. The molecule has 1 spiro atoms. The van der Waals surface area contributed by atoms with E-state index in [1.807, 2.05) is 0 Å². The molecule has 1 aliphatic heterocycles. The lowest BCUT2D eigenvalue weighted by Crippen LogP contribution is -2.61. The van der Waals surface area contributed by atoms with Crippen LogP contribution in [-0.2, 0) is 11.0 Å². The highest BCUT2D eigenvalue weighted by molar-refractivity contribution is 5.64. The zero-order valence-corrected chi connectivity index (χ0v) is 14.1. The number of carbonyl (C=O) groups is 1. The van der Waals surface area contributed by atoms with E-state index in [2.05, 4.69) is 5.10 Å². The average Bonchev–Trinajstić information content (AvgIpc) is 2.93. The topological polar surface area (TPSA) is 38.1 Å². The Labute approximate surface area is 147 Å². The largest absolute Gasteiger partial charge is 0.420 e. The van der Waals surface area contributed by atoms with Crippen molar-refractivity contribution >= 4 is 6.41 Å². The van der Waals surface area contributed by atoms with Crippen molar-refractivity contribution in [1.29, 1.82) is 0 Å². The molecule has 2 heterocycles. The van der Waals surface area contributed by atoms with Gasteiger partial charge >= 0.3 is 6.18 Å². The first kappa shape index (κ1) is 17.1. The van der Waals surface area contributed by atoms with Crippen LogP contribution in [0.4, 0.5) is 17.6 Å². The Kier molecular flexibility index (Phi) is 3.65. The number of alkyl halides is 3. The fraction of sp³-hybridized carbons (Fsp3) is 0.444. The number of aromatic nitrogens is 2. The fourth-order valence-electron chi connectivity index (χ4n) is 4.07. The van der Waals surface area contributed by atoms with Crippen molar-refractivity contribution in [1.82, 2.24) is 14.7 Å². The van der Waals surface area contributed by atoms with Crippen molar-refractivity contribution in [2.75, 3.05) is 13.1 Å². The van der Waals surface area contributed by atoms with Crippen molar-refractivity contribution in [2.45, 2.75) is 32.0 Å². The molecule has 1 aromatic heterocycles. The molecule has 4 rings (SSSR count). The second-order valence-corrected chi connectivity index (χ2v) is 7.41. The Bertz CT molecular complexity index is 860. The second kappa shape index (κ2) is 5.56. The molecule has 2 aliphatic rings. The standard InChI is InChI=1S/C18H17F4N3O/c1-11-4-12(2-3-15(11)19)16-14(18(20,21)22)7-25(23-16)13-5-17(6-13)8-24(9-17)10-26/h2-4,7,10,13H,5-6,8-9H2,1H3. The molecule has 4 nitrogen and oxygen atoms in total. The SMILES string of the molecule is Cc1cc(-c2nn(C3CC4(C3)CN(C=O)C4)cc2C(F)(F)F)ccc1F. The molecule has 0 unspecified atom stereocenters. The van der Waals surface area contributed by atoms with E-state index in [0.29, 0.717) is 25.9 Å². The van der Waals surface area contributed by atoms with Gasteiger partial charge in [-0.05, 0) is 43.5 Å². The predicted octanol–water partition coefficient (Wildman–Crippen LogP) is 3.81. The van der Waals surface area contributed by atoms with Gasteiger partial charge in [-0.25, -0.2) is 4.39 Å². The molecule has 0 bridgehead atoms. The summed E-state index contributed by atoms with van der Waals surface area (Å²) in [6.07, 6.45) is -1.29. The molecule has 1 aliphatic carbocycles. The van der Waals surface area contributed by atoms with E-state index in [1.165, 1.54) is 23.7 Å². The number of benzene rings is 1. The van der Waals surface area contributed by atoms with Gasteiger partial charge in [0, 0.05) is 30.3 Å². The van der Waals surface area contributed by atoms with Crippen molar-refractivity contribution < 1.29 is 22.4 Å².